The van der Waals surface area contributed by atoms with Gasteiger partial charge < -0.3 is 165 Å². The van der Waals surface area contributed by atoms with E-state index in [4.69, 9.17) is 61.0 Å². The van der Waals surface area contributed by atoms with Crippen LogP contribution in [0.4, 0.5) is 0 Å². The molecule has 6 rings (SSSR count). The Morgan fingerprint density at radius 2 is 0.942 bits per heavy atom. The maximum atomic E-state index is 13.6. The number of ether oxygens (including phenoxy) is 12. The van der Waals surface area contributed by atoms with Crippen molar-refractivity contribution in [2.24, 2.45) is 0 Å². The van der Waals surface area contributed by atoms with Crippen molar-refractivity contribution in [2.75, 3.05) is 39.6 Å². The van der Waals surface area contributed by atoms with Crippen LogP contribution in [0.3, 0.4) is 0 Å². The van der Waals surface area contributed by atoms with Crippen LogP contribution >= 0.6 is 0 Å². The van der Waals surface area contributed by atoms with Crippen LogP contribution in [0, 0.1) is 0 Å². The summed E-state index contributed by atoms with van der Waals surface area (Å²) in [5.74, 6) is -7.88. The Morgan fingerprint density at radius 1 is 0.496 bits per heavy atom. The van der Waals surface area contributed by atoms with E-state index >= 15 is 0 Å². The Hall–Kier alpha value is -3.67. The standard InChI is InChI=1S/C79H141N3O38S/c1-6-8-10-12-14-16-18-20-21-23-25-27-29-31-33-35-54(92)82-46(47(89)34-32-30-28-26-24-22-19-17-15-13-11-9-7-2)41-108-74-64(100)62(98)67(52(40-86)113-74)115-76-65(101)71(59(95)50(38-84)111-76)118-73-56(81-45(5)88)70(117-75-63(99)61(97)57(93)43(3)110-75)68(53(114-73)42-109-121(105,106)107)116-77-66(102)72(60(96)51(39-85)112-77)120-79(78(103)104)36-48(90)55(80-44(4)87)69(119-79)58(94)49(91)37-83/h32,34,43,46-53,55-77,83-86,89-91,93-102H,6-31,33,35-42H2,1-5H3,(H,80,87)(H,81,88)(H,82,92)(H,103,104)(H,105,106,107)/b34-32-/t43-,46-,47+,48+,49+,50-,51+,52-,53-,55-,56-,57+,58?,59?,60-,61-,62+,63+,64+,65+,66-,67+,68-,69+,70+,71+,72?,73-,74+,75-,76?,77-,79+/m1/s1. The monoisotopic (exact) mass is 1770 g/mol. The molecule has 6 aliphatic heterocycles. The number of carboxylic acids is 1. The maximum absolute atomic E-state index is 13.6. The molecule has 4 unspecified atom stereocenters. The van der Waals surface area contributed by atoms with Gasteiger partial charge in [-0.05, 0) is 26.2 Å². The highest BCUT2D eigenvalue weighted by Crippen LogP contribution is 2.41. The normalized spacial score (nSPS) is 36.0. The third-order valence-electron chi connectivity index (χ3n) is 22.9. The van der Waals surface area contributed by atoms with Gasteiger partial charge in [-0.1, -0.05) is 180 Å². The fourth-order valence-corrected chi connectivity index (χ4v) is 16.2. The number of hydrogen-bond donors (Lipinski definition) is 22. The Bertz CT molecular complexity index is 3090. The number of unbranched alkanes of at least 4 members (excludes halogenated alkanes) is 25. The molecule has 41 nitrogen and oxygen atoms in total. The molecule has 0 aromatic rings. The molecule has 33 atom stereocenters. The average molecular weight is 1770 g/mol. The van der Waals surface area contributed by atoms with Crippen LogP contribution in [-0.2, 0) is 90.6 Å². The molecule has 3 amide bonds. The number of hydrogen-bond acceptors (Lipinski definition) is 36. The highest BCUT2D eigenvalue weighted by molar-refractivity contribution is 7.80. The van der Waals surface area contributed by atoms with E-state index < -0.39 is 282 Å². The number of allylic oxidation sites excluding steroid dienone is 1. The first kappa shape index (κ1) is 106. The summed E-state index contributed by atoms with van der Waals surface area (Å²) in [5, 5.41) is 210. The van der Waals surface area contributed by atoms with Gasteiger partial charge in [-0.3, -0.25) is 18.9 Å². The minimum atomic E-state index is -5.62. The van der Waals surface area contributed by atoms with Crippen LogP contribution < -0.4 is 16.0 Å². The summed E-state index contributed by atoms with van der Waals surface area (Å²) in [7, 11) is -5.62. The van der Waals surface area contributed by atoms with E-state index in [1.165, 1.54) is 109 Å². The van der Waals surface area contributed by atoms with E-state index in [1.54, 1.807) is 6.08 Å². The summed E-state index contributed by atoms with van der Waals surface area (Å²) in [4.78, 5) is 52.9. The topological polar surface area (TPSA) is 643 Å². The molecule has 0 radical (unpaired) electrons. The molecular weight excluding hydrogens is 1630 g/mol. The van der Waals surface area contributed by atoms with Gasteiger partial charge in [0.25, 0.3) is 5.79 Å². The third kappa shape index (κ3) is 32.5. The predicted octanol–water partition coefficient (Wildman–Crippen LogP) is -2.36. The van der Waals surface area contributed by atoms with Gasteiger partial charge in [-0.15, -0.1) is 0 Å². The largest absolute Gasteiger partial charge is 0.477 e. The molecule has 0 saturated carbocycles. The predicted molar refractivity (Wildman–Crippen MR) is 420 cm³/mol. The van der Waals surface area contributed by atoms with Crippen LogP contribution in [0.15, 0.2) is 12.2 Å². The number of nitrogens with one attached hydrogen (secondary N) is 3. The lowest BCUT2D eigenvalue weighted by Gasteiger charge is -2.52. The molecule has 0 spiro atoms. The van der Waals surface area contributed by atoms with Crippen LogP contribution in [0.1, 0.15) is 221 Å². The SMILES string of the molecule is CCCCCCCCCCCCC/C=C\[C@H](O)[C@@H](CO[C@H]1O[C@H](CO)[C@H](OC2O[C@H](CO)C(O)[C@H](O[C@H]3O[C@H](COS(=O)(=O)O)[C@@H](O[C@H]4O[C@@H](CO)[C@@H](O)C(O[C@]5(C(=O)O)C[C@H](O)[C@@H](NC(C)=O)[C@@H](C(O)[C@@H](O)CO)O5)[C@H]4O)[C@@H](O[C@H]4O[C@H](C)[C@H](O)[C@@H](O)[C@@H]4O)[C@H]3NC(C)=O)[C@@H]2O)[C@@H](O)[C@@H]1O)NC(=O)CCCCCCCCCCCCCCCCC. The van der Waals surface area contributed by atoms with Crippen molar-refractivity contribution in [1.29, 1.82) is 0 Å². The molecule has 0 aromatic heterocycles. The first-order valence-electron chi connectivity index (χ1n) is 43.1. The fourth-order valence-electron chi connectivity index (χ4n) is 15.9. The minimum Gasteiger partial charge on any atom is -0.477 e. The van der Waals surface area contributed by atoms with Crippen molar-refractivity contribution in [3.05, 3.63) is 12.2 Å². The third-order valence-corrected chi connectivity index (χ3v) is 23.3. The van der Waals surface area contributed by atoms with Gasteiger partial charge >= 0.3 is 16.4 Å². The number of rotatable bonds is 56. The highest BCUT2D eigenvalue weighted by Gasteiger charge is 2.62. The molecule has 0 aliphatic carbocycles. The zero-order chi connectivity index (χ0) is 89.3. The van der Waals surface area contributed by atoms with E-state index in [0.717, 1.165) is 78.1 Å². The van der Waals surface area contributed by atoms with E-state index in [9.17, 15) is 124 Å². The molecule has 6 aliphatic rings. The number of carboxylic acid groups (broad SMARTS) is 1. The van der Waals surface area contributed by atoms with Crippen molar-refractivity contribution < 1.29 is 185 Å². The maximum Gasteiger partial charge on any atom is 0.397 e. The number of aliphatic carboxylic acids is 1. The van der Waals surface area contributed by atoms with Crippen LogP contribution in [0.2, 0.25) is 0 Å². The lowest BCUT2D eigenvalue weighted by molar-refractivity contribution is -0.399. The quantitative estimate of drug-likeness (QED) is 0.0172. The van der Waals surface area contributed by atoms with Gasteiger partial charge in [0.2, 0.25) is 17.7 Å². The molecule has 6 saturated heterocycles. The summed E-state index contributed by atoms with van der Waals surface area (Å²) in [6.07, 6.45) is -30.1. The van der Waals surface area contributed by atoms with Gasteiger partial charge in [0.15, 0.2) is 31.5 Å². The molecule has 6 fully saturated rings. The molecule has 706 valence electrons. The molecule has 0 aromatic carbocycles. The Labute approximate surface area is 706 Å². The summed E-state index contributed by atoms with van der Waals surface area (Å²) in [6.45, 7) is 0.741. The smallest absolute Gasteiger partial charge is 0.397 e. The van der Waals surface area contributed by atoms with E-state index in [2.05, 4.69) is 29.8 Å². The number of amides is 3. The second kappa shape index (κ2) is 54.0. The Morgan fingerprint density at radius 3 is 1.45 bits per heavy atom. The Balaban J connectivity index is 1.24. The van der Waals surface area contributed by atoms with Gasteiger partial charge in [-0.2, -0.15) is 8.42 Å². The second-order valence-corrected chi connectivity index (χ2v) is 33.7. The second-order valence-electron chi connectivity index (χ2n) is 32.6. The van der Waals surface area contributed by atoms with Crippen LogP contribution in [0.5, 0.6) is 0 Å². The molecule has 0 bridgehead atoms. The summed E-state index contributed by atoms with van der Waals surface area (Å²) < 4.78 is 112. The molecule has 121 heavy (non-hydrogen) atoms. The van der Waals surface area contributed by atoms with E-state index in [0.29, 0.717) is 12.8 Å². The lowest BCUT2D eigenvalue weighted by Crippen LogP contribution is -2.72. The average Bonchev–Trinajstić information content (AvgIpc) is 0.844. The number of aliphatic hydroxyl groups is 17. The molecule has 6 heterocycles. The van der Waals surface area contributed by atoms with Crippen molar-refractivity contribution in [3.8, 4) is 0 Å². The lowest BCUT2D eigenvalue weighted by atomic mass is 9.88. The molecular formula is C79H141N3O38S. The van der Waals surface area contributed by atoms with Crippen molar-refractivity contribution in [2.45, 2.75) is 423 Å². The highest BCUT2D eigenvalue weighted by atomic mass is 32.3. The number of aliphatic hydroxyl groups excluding tert-OH is 17. The van der Waals surface area contributed by atoms with Crippen LogP contribution in [0.25, 0.3) is 0 Å². The Kier molecular flexibility index (Phi) is 47.3. The van der Waals surface area contributed by atoms with Gasteiger partial charge in [-0.25, -0.2) is 8.98 Å². The summed E-state index contributed by atoms with van der Waals surface area (Å²) in [5.41, 5.74) is 0. The number of carbonyl (C=O) groups is 4. The van der Waals surface area contributed by atoms with Crippen molar-refractivity contribution in [3.63, 3.8) is 0 Å². The van der Waals surface area contributed by atoms with E-state index in [-0.39, 0.29) is 6.42 Å². The minimum absolute atomic E-state index is 0.127. The number of carbonyl (C=O) groups excluding carboxylic acids is 3. The van der Waals surface area contributed by atoms with Crippen molar-refractivity contribution in [1.82, 2.24) is 16.0 Å². The van der Waals surface area contributed by atoms with Gasteiger partial charge in [0.05, 0.1) is 70.0 Å². The zero-order valence-corrected chi connectivity index (χ0v) is 70.9. The molecule has 22 N–H and O–H groups in total. The fraction of sp³-hybridized carbons (Fsp3) is 0.924. The first-order chi connectivity index (χ1) is 57.6. The first-order valence-corrected chi connectivity index (χ1v) is 44.5. The van der Waals surface area contributed by atoms with Gasteiger partial charge in [0, 0.05) is 26.7 Å². The summed E-state index contributed by atoms with van der Waals surface area (Å²) >= 11 is 0. The van der Waals surface area contributed by atoms with Gasteiger partial charge in [0.1, 0.15) is 134 Å². The molecule has 42 heteroatoms. The van der Waals surface area contributed by atoms with Crippen LogP contribution in [-0.4, -0.2) is 370 Å². The van der Waals surface area contributed by atoms with E-state index in [1.807, 2.05) is 0 Å². The zero-order valence-electron chi connectivity index (χ0n) is 70.0. The summed E-state index contributed by atoms with van der Waals surface area (Å²) in [6, 6.07) is -5.07. The van der Waals surface area contributed by atoms with Crippen molar-refractivity contribution >= 4 is 34.1 Å².